The van der Waals surface area contributed by atoms with E-state index < -0.39 is 0 Å². The first-order valence-corrected chi connectivity index (χ1v) is 7.10. The van der Waals surface area contributed by atoms with Gasteiger partial charge in [0.1, 0.15) is 5.82 Å². The predicted molar refractivity (Wildman–Crippen MR) is 80.1 cm³/mol. The van der Waals surface area contributed by atoms with E-state index in [1.165, 1.54) is 0 Å². The third kappa shape index (κ3) is 3.87. The molecule has 2 aromatic rings. The fraction of sp³-hybridized carbons (Fsp3) is 0.353. The largest absolute Gasteiger partial charge is 0.310 e. The van der Waals surface area contributed by atoms with E-state index in [-0.39, 0.29) is 11.9 Å². The Bertz CT molecular complexity index is 540. The van der Waals surface area contributed by atoms with Crippen LogP contribution >= 0.6 is 0 Å². The highest BCUT2D eigenvalue weighted by molar-refractivity contribution is 5.27. The van der Waals surface area contributed by atoms with Gasteiger partial charge in [-0.25, -0.2) is 4.39 Å². The SMILES string of the molecule is CCNC(CCc1ccccn1)c1cc(C)ccc1F. The van der Waals surface area contributed by atoms with Gasteiger partial charge in [0.2, 0.25) is 0 Å². The molecule has 0 saturated heterocycles. The summed E-state index contributed by atoms with van der Waals surface area (Å²) >= 11 is 0. The molecule has 1 heterocycles. The minimum atomic E-state index is -0.137. The van der Waals surface area contributed by atoms with E-state index in [9.17, 15) is 4.39 Å². The molecule has 1 N–H and O–H groups in total. The van der Waals surface area contributed by atoms with Gasteiger partial charge >= 0.3 is 0 Å². The van der Waals surface area contributed by atoms with Crippen LogP contribution < -0.4 is 5.32 Å². The Morgan fingerprint density at radius 2 is 2.10 bits per heavy atom. The molecule has 0 radical (unpaired) electrons. The van der Waals surface area contributed by atoms with Gasteiger partial charge in [-0.1, -0.05) is 30.7 Å². The Balaban J connectivity index is 2.12. The summed E-state index contributed by atoms with van der Waals surface area (Å²) in [5.41, 5.74) is 2.88. The molecule has 0 saturated carbocycles. The van der Waals surface area contributed by atoms with E-state index in [1.807, 2.05) is 38.1 Å². The van der Waals surface area contributed by atoms with E-state index in [1.54, 1.807) is 18.3 Å². The van der Waals surface area contributed by atoms with E-state index >= 15 is 0 Å². The molecule has 20 heavy (non-hydrogen) atoms. The molecule has 0 aliphatic heterocycles. The van der Waals surface area contributed by atoms with Crippen LogP contribution in [-0.2, 0) is 6.42 Å². The van der Waals surface area contributed by atoms with Crippen LogP contribution in [0.15, 0.2) is 42.6 Å². The molecule has 1 aromatic heterocycles. The summed E-state index contributed by atoms with van der Waals surface area (Å²) in [7, 11) is 0. The molecule has 0 aliphatic rings. The average Bonchev–Trinajstić information content (AvgIpc) is 2.47. The molecular formula is C17H21FN2. The number of rotatable bonds is 6. The van der Waals surface area contributed by atoms with Gasteiger partial charge in [0.25, 0.3) is 0 Å². The molecule has 3 heteroatoms. The maximum atomic E-state index is 14.0. The van der Waals surface area contributed by atoms with Crippen molar-refractivity contribution in [1.82, 2.24) is 10.3 Å². The molecule has 0 amide bonds. The monoisotopic (exact) mass is 272 g/mol. The van der Waals surface area contributed by atoms with Crippen molar-refractivity contribution in [2.75, 3.05) is 6.54 Å². The van der Waals surface area contributed by atoms with Crippen molar-refractivity contribution in [3.05, 3.63) is 65.2 Å². The van der Waals surface area contributed by atoms with Crippen LogP contribution in [0, 0.1) is 12.7 Å². The number of hydrogen-bond acceptors (Lipinski definition) is 2. The molecule has 0 fully saturated rings. The minimum absolute atomic E-state index is 0.0295. The normalized spacial score (nSPS) is 12.3. The van der Waals surface area contributed by atoms with Gasteiger partial charge in [0, 0.05) is 23.5 Å². The van der Waals surface area contributed by atoms with Crippen LogP contribution in [0.25, 0.3) is 0 Å². The van der Waals surface area contributed by atoms with Gasteiger partial charge in [-0.05, 0) is 44.5 Å². The average molecular weight is 272 g/mol. The minimum Gasteiger partial charge on any atom is -0.310 e. The van der Waals surface area contributed by atoms with Crippen molar-refractivity contribution in [3.63, 3.8) is 0 Å². The zero-order chi connectivity index (χ0) is 14.4. The topological polar surface area (TPSA) is 24.9 Å². The Labute approximate surface area is 120 Å². The molecule has 2 nitrogen and oxygen atoms in total. The molecule has 0 spiro atoms. The summed E-state index contributed by atoms with van der Waals surface area (Å²) in [4.78, 5) is 4.32. The lowest BCUT2D eigenvalue weighted by molar-refractivity contribution is 0.483. The highest BCUT2D eigenvalue weighted by Gasteiger charge is 2.15. The van der Waals surface area contributed by atoms with Crippen molar-refractivity contribution in [3.8, 4) is 0 Å². The van der Waals surface area contributed by atoms with E-state index in [4.69, 9.17) is 0 Å². The summed E-state index contributed by atoms with van der Waals surface area (Å²) in [5, 5.41) is 3.37. The summed E-state index contributed by atoms with van der Waals surface area (Å²) in [6.45, 7) is 4.85. The van der Waals surface area contributed by atoms with E-state index in [0.717, 1.165) is 36.2 Å². The van der Waals surface area contributed by atoms with Gasteiger partial charge < -0.3 is 5.32 Å². The van der Waals surface area contributed by atoms with Crippen molar-refractivity contribution < 1.29 is 4.39 Å². The van der Waals surface area contributed by atoms with Gasteiger partial charge in [-0.15, -0.1) is 0 Å². The number of aryl methyl sites for hydroxylation is 2. The Morgan fingerprint density at radius 1 is 1.25 bits per heavy atom. The number of aromatic nitrogens is 1. The first kappa shape index (κ1) is 14.7. The number of benzene rings is 1. The Kier molecular flexibility index (Phi) is 5.24. The number of nitrogens with one attached hydrogen (secondary N) is 1. The molecule has 1 aromatic carbocycles. The lowest BCUT2D eigenvalue weighted by atomic mass is 9.98. The van der Waals surface area contributed by atoms with Crippen molar-refractivity contribution in [1.29, 1.82) is 0 Å². The van der Waals surface area contributed by atoms with Crippen molar-refractivity contribution >= 4 is 0 Å². The van der Waals surface area contributed by atoms with Crippen LogP contribution in [0.2, 0.25) is 0 Å². The van der Waals surface area contributed by atoms with Crippen LogP contribution in [0.1, 0.15) is 36.2 Å². The first-order valence-electron chi connectivity index (χ1n) is 7.10. The fourth-order valence-corrected chi connectivity index (χ4v) is 2.38. The second-order valence-corrected chi connectivity index (χ2v) is 4.99. The molecule has 1 unspecified atom stereocenters. The predicted octanol–water partition coefficient (Wildman–Crippen LogP) is 3.81. The van der Waals surface area contributed by atoms with Gasteiger partial charge in [-0.3, -0.25) is 4.98 Å². The molecule has 1 atom stereocenters. The maximum absolute atomic E-state index is 14.0. The lowest BCUT2D eigenvalue weighted by Gasteiger charge is -2.19. The van der Waals surface area contributed by atoms with Crippen LogP contribution in [0.3, 0.4) is 0 Å². The summed E-state index contributed by atoms with van der Waals surface area (Å²) < 4.78 is 14.0. The standard InChI is InChI=1S/C17H21FN2/c1-3-19-17(10-8-14-6-4-5-11-20-14)15-12-13(2)7-9-16(15)18/h4-7,9,11-12,17,19H,3,8,10H2,1-2H3. The Morgan fingerprint density at radius 3 is 2.80 bits per heavy atom. The summed E-state index contributed by atoms with van der Waals surface area (Å²) in [6, 6.07) is 11.2. The number of nitrogens with zero attached hydrogens (tertiary/aromatic N) is 1. The van der Waals surface area contributed by atoms with Gasteiger partial charge in [0.05, 0.1) is 0 Å². The summed E-state index contributed by atoms with van der Waals surface area (Å²) in [6.07, 6.45) is 3.47. The molecule has 0 bridgehead atoms. The first-order chi connectivity index (χ1) is 9.70. The molecule has 106 valence electrons. The molecule has 2 rings (SSSR count). The van der Waals surface area contributed by atoms with Crippen LogP contribution in [0.4, 0.5) is 4.39 Å². The second-order valence-electron chi connectivity index (χ2n) is 4.99. The highest BCUT2D eigenvalue weighted by Crippen LogP contribution is 2.23. The van der Waals surface area contributed by atoms with Crippen LogP contribution in [-0.4, -0.2) is 11.5 Å². The lowest BCUT2D eigenvalue weighted by Crippen LogP contribution is -2.22. The summed E-state index contributed by atoms with van der Waals surface area (Å²) in [5.74, 6) is -0.137. The van der Waals surface area contributed by atoms with Crippen LogP contribution in [0.5, 0.6) is 0 Å². The third-order valence-electron chi connectivity index (χ3n) is 3.39. The molecular weight excluding hydrogens is 251 g/mol. The highest BCUT2D eigenvalue weighted by atomic mass is 19.1. The number of hydrogen-bond donors (Lipinski definition) is 1. The zero-order valence-corrected chi connectivity index (χ0v) is 12.1. The zero-order valence-electron chi connectivity index (χ0n) is 12.1. The number of halogens is 1. The third-order valence-corrected chi connectivity index (χ3v) is 3.39. The van der Waals surface area contributed by atoms with E-state index in [0.29, 0.717) is 0 Å². The fourth-order valence-electron chi connectivity index (χ4n) is 2.38. The maximum Gasteiger partial charge on any atom is 0.127 e. The Hall–Kier alpha value is -1.74. The quantitative estimate of drug-likeness (QED) is 0.865. The second kappa shape index (κ2) is 7.15. The van der Waals surface area contributed by atoms with Crippen molar-refractivity contribution in [2.45, 2.75) is 32.7 Å². The van der Waals surface area contributed by atoms with Crippen molar-refractivity contribution in [2.24, 2.45) is 0 Å². The smallest absolute Gasteiger partial charge is 0.127 e. The molecule has 0 aliphatic carbocycles. The van der Waals surface area contributed by atoms with Gasteiger partial charge in [-0.2, -0.15) is 0 Å². The number of pyridine rings is 1. The van der Waals surface area contributed by atoms with E-state index in [2.05, 4.69) is 10.3 Å². The van der Waals surface area contributed by atoms with Gasteiger partial charge in [0.15, 0.2) is 0 Å².